The third kappa shape index (κ3) is 36.5. The Hall–Kier alpha value is -3.09. The van der Waals surface area contributed by atoms with E-state index in [-0.39, 0.29) is 37.0 Å². The molecular formula is C51H88N3O16P3. The largest absolute Gasteiger partial charge is 0.529 e. The molecule has 8 unspecified atom stereocenters. The van der Waals surface area contributed by atoms with Gasteiger partial charge in [-0.1, -0.05) is 151 Å². The fourth-order valence-corrected chi connectivity index (χ4v) is 8.80. The zero-order valence-electron chi connectivity index (χ0n) is 43.6. The Kier molecular flexibility index (Phi) is 44.3. The summed E-state index contributed by atoms with van der Waals surface area (Å²) in [6, 6.07) is 1.16. The molecule has 0 saturated carbocycles. The van der Waals surface area contributed by atoms with Crippen LogP contribution in [0.15, 0.2) is 90.0 Å². The van der Waals surface area contributed by atoms with Crippen LogP contribution in [0.5, 0.6) is 0 Å². The van der Waals surface area contributed by atoms with Gasteiger partial charge in [0.05, 0.1) is 18.9 Å². The lowest BCUT2D eigenvalue weighted by atomic mass is 10.1. The molecular weight excluding hydrogens is 1000 g/mol. The standard InChI is InChI=1S/C31H43N2O10P.C19H41NO5P2.CH4O/c1-2-3-4-5-6-7-8-9-10-11-12-13-14-15-16-17-18-19-26(35)22-25-20-21-33(31(38)32-25)30-29(37)28(36)27(43-30)23-41-44(39,40)42-24-34;1-3-4-5-6-7-8-9-10-11-12-13-14-15-16-17-19(20)18-24-27(22,23-2)25-26-21;1-2/h3-4,6-7,9-10,12-13,15-16,20-21,24,27-30,36-37H,2,5,8,11,14,17-19,22-23H2,1H3,(H,39,40);15-16,19,21,26H,3-14,17-18,20H2,1-2H3;2H,1H3/b4-3-,7-6-,10-9-,13-12-,16-15-;16-15+;. The number of aliphatic hydroxyl groups is 3. The Morgan fingerprint density at radius 1 is 0.808 bits per heavy atom. The summed E-state index contributed by atoms with van der Waals surface area (Å²) in [5.41, 5.74) is 5.35. The normalized spacial score (nSPS) is 19.3. The molecule has 73 heavy (non-hydrogen) atoms. The number of allylic oxidation sites excluding steroid dienone is 11. The van der Waals surface area contributed by atoms with E-state index in [1.165, 1.54) is 90.0 Å². The molecule has 0 bridgehead atoms. The van der Waals surface area contributed by atoms with Gasteiger partial charge in [0.25, 0.3) is 0 Å². The lowest BCUT2D eigenvalue weighted by Crippen LogP contribution is -2.36. The highest BCUT2D eigenvalue weighted by atomic mass is 31.2. The number of unbranched alkanes of at least 4 members (excludes halogenated alkanes) is 12. The Labute approximate surface area is 436 Å². The number of carbonyl (C=O) groups is 2. The third-order valence-corrected chi connectivity index (χ3v) is 13.8. The van der Waals surface area contributed by atoms with Gasteiger partial charge in [-0.3, -0.25) is 32.6 Å². The van der Waals surface area contributed by atoms with Crippen molar-refractivity contribution in [1.82, 2.24) is 9.55 Å². The number of hydrogen-bond acceptors (Lipinski definition) is 17. The molecule has 0 aromatic carbocycles. The fourth-order valence-electron chi connectivity index (χ4n) is 6.90. The Balaban J connectivity index is 0.00000153. The van der Waals surface area contributed by atoms with Crippen LogP contribution in [0.1, 0.15) is 161 Å². The van der Waals surface area contributed by atoms with Crippen LogP contribution in [-0.2, 0) is 52.3 Å². The number of phosphoric ester groups is 2. The predicted octanol–water partition coefficient (Wildman–Crippen LogP) is 10.0. The number of hydrogen-bond donors (Lipinski definition) is 6. The highest BCUT2D eigenvalue weighted by Gasteiger charge is 2.45. The molecule has 8 atom stereocenters. The molecule has 1 aromatic heterocycles. The minimum Gasteiger partial charge on any atom is -0.400 e. The highest BCUT2D eigenvalue weighted by Crippen LogP contribution is 2.53. The smallest absolute Gasteiger partial charge is 0.400 e. The van der Waals surface area contributed by atoms with Gasteiger partial charge in [0.15, 0.2) is 15.3 Å². The molecule has 0 aliphatic carbocycles. The lowest BCUT2D eigenvalue weighted by molar-refractivity contribution is -0.122. The van der Waals surface area contributed by atoms with Crippen molar-refractivity contribution in [1.29, 1.82) is 0 Å². The van der Waals surface area contributed by atoms with E-state index >= 15 is 0 Å². The zero-order chi connectivity index (χ0) is 54.4. The van der Waals surface area contributed by atoms with Gasteiger partial charge in [0.2, 0.25) is 0 Å². The first kappa shape index (κ1) is 69.9. The molecule has 0 radical (unpaired) electrons. The third-order valence-electron chi connectivity index (χ3n) is 10.8. The van der Waals surface area contributed by atoms with E-state index in [1.54, 1.807) is 0 Å². The van der Waals surface area contributed by atoms with Gasteiger partial charge in [-0.25, -0.2) is 18.2 Å². The minimum atomic E-state index is -4.70. The molecule has 1 aliphatic heterocycles. The van der Waals surface area contributed by atoms with E-state index in [0.717, 1.165) is 56.6 Å². The van der Waals surface area contributed by atoms with Crippen molar-refractivity contribution in [3.63, 3.8) is 0 Å². The van der Waals surface area contributed by atoms with E-state index in [1.807, 2.05) is 12.2 Å². The van der Waals surface area contributed by atoms with Crippen molar-refractivity contribution in [2.75, 3.05) is 27.4 Å². The monoisotopic (exact) mass is 1090 g/mol. The van der Waals surface area contributed by atoms with Crippen LogP contribution in [0.4, 0.5) is 0 Å². The Bertz CT molecular complexity index is 1910. The molecule has 1 aliphatic rings. The maximum Gasteiger partial charge on any atom is 0.529 e. The first-order valence-electron chi connectivity index (χ1n) is 25.4. The van der Waals surface area contributed by atoms with E-state index in [2.05, 4.69) is 97.5 Å². The van der Waals surface area contributed by atoms with Crippen LogP contribution in [0, 0.1) is 0 Å². The lowest BCUT2D eigenvalue weighted by Gasteiger charge is -2.17. The van der Waals surface area contributed by atoms with Crippen molar-refractivity contribution in [2.24, 2.45) is 5.73 Å². The van der Waals surface area contributed by atoms with Crippen molar-refractivity contribution >= 4 is 36.9 Å². The number of rotatable bonds is 41. The zero-order valence-corrected chi connectivity index (χ0v) is 46.4. The predicted molar refractivity (Wildman–Crippen MR) is 288 cm³/mol. The molecule has 1 fully saturated rings. The summed E-state index contributed by atoms with van der Waals surface area (Å²) in [6.45, 7) is 3.46. The molecule has 1 aromatic rings. The van der Waals surface area contributed by atoms with Crippen molar-refractivity contribution in [3.8, 4) is 0 Å². The Morgan fingerprint density at radius 3 is 1.88 bits per heavy atom. The number of nitrogens with zero attached hydrogens (tertiary/aromatic N) is 2. The molecule has 418 valence electrons. The topological polar surface area (TPSA) is 286 Å². The molecule has 0 amide bonds. The van der Waals surface area contributed by atoms with Crippen LogP contribution in [0.25, 0.3) is 0 Å². The van der Waals surface area contributed by atoms with Gasteiger partial charge in [0.1, 0.15) is 24.1 Å². The second-order valence-electron chi connectivity index (χ2n) is 16.8. The summed E-state index contributed by atoms with van der Waals surface area (Å²) >= 11 is 0. The molecule has 22 heteroatoms. The summed E-state index contributed by atoms with van der Waals surface area (Å²) in [5.74, 6) is -0.0715. The fraction of sp³-hybridized carbons (Fsp3) is 0.647. The molecule has 0 spiro atoms. The van der Waals surface area contributed by atoms with Crippen LogP contribution in [0.2, 0.25) is 0 Å². The van der Waals surface area contributed by atoms with Gasteiger partial charge >= 0.3 is 27.8 Å². The van der Waals surface area contributed by atoms with Gasteiger partial charge < -0.3 is 35.2 Å². The number of carbonyl (C=O) groups excluding carboxylic acids is 2. The van der Waals surface area contributed by atoms with E-state index in [9.17, 15) is 38.6 Å². The van der Waals surface area contributed by atoms with Crippen LogP contribution < -0.4 is 11.4 Å². The summed E-state index contributed by atoms with van der Waals surface area (Å²) in [6.07, 6.45) is 43.9. The van der Waals surface area contributed by atoms with E-state index < -0.39 is 61.5 Å². The molecule has 2 rings (SSSR count). The summed E-state index contributed by atoms with van der Waals surface area (Å²) < 4.78 is 52.4. The number of ketones is 1. The second kappa shape index (κ2) is 46.2. The Morgan fingerprint density at radius 2 is 1.34 bits per heavy atom. The summed E-state index contributed by atoms with van der Waals surface area (Å²) in [4.78, 5) is 57.1. The molecule has 2 heterocycles. The van der Waals surface area contributed by atoms with Gasteiger partial charge in [-0.2, -0.15) is 4.98 Å². The molecule has 1 saturated heterocycles. The van der Waals surface area contributed by atoms with Gasteiger partial charge in [-0.15, -0.1) is 0 Å². The number of nitrogens with two attached hydrogens (primary N) is 1. The van der Waals surface area contributed by atoms with Gasteiger partial charge in [0, 0.05) is 39.3 Å². The van der Waals surface area contributed by atoms with Crippen LogP contribution in [0.3, 0.4) is 0 Å². The second-order valence-corrected chi connectivity index (χ2v) is 20.7. The first-order chi connectivity index (χ1) is 35.3. The average molecular weight is 1090 g/mol. The number of Topliss-reactive ketones (excluding diaryl/α,β-unsaturated/α-hetero) is 1. The highest BCUT2D eigenvalue weighted by molar-refractivity contribution is 7.55. The maximum absolute atomic E-state index is 12.6. The van der Waals surface area contributed by atoms with E-state index in [4.69, 9.17) is 25.0 Å². The van der Waals surface area contributed by atoms with Crippen molar-refractivity contribution < 1.29 is 71.0 Å². The number of aromatic nitrogens is 2. The van der Waals surface area contributed by atoms with E-state index in [0.29, 0.717) is 19.3 Å². The van der Waals surface area contributed by atoms with Crippen LogP contribution in [-0.4, -0.2) is 98.7 Å². The minimum absolute atomic E-state index is 0.0303. The number of ether oxygens (including phenoxy) is 1. The van der Waals surface area contributed by atoms with Gasteiger partial charge in [-0.05, 0) is 70.3 Å². The molecule has 19 nitrogen and oxygen atoms in total. The quantitative estimate of drug-likeness (QED) is 0.0154. The number of phosphoric acid groups is 2. The first-order valence-corrected chi connectivity index (χ1v) is 29.3. The van der Waals surface area contributed by atoms with Crippen molar-refractivity contribution in [3.05, 3.63) is 101 Å². The van der Waals surface area contributed by atoms with Crippen LogP contribution >= 0.6 is 24.7 Å². The van der Waals surface area contributed by atoms with Crippen molar-refractivity contribution in [2.45, 2.75) is 186 Å². The molecule has 7 N–H and O–H groups in total. The maximum atomic E-state index is 12.6. The number of aliphatic hydroxyl groups excluding tert-OH is 3. The average Bonchev–Trinajstić information content (AvgIpc) is 3.65. The summed E-state index contributed by atoms with van der Waals surface area (Å²) in [5, 5.41) is 27.5. The summed E-state index contributed by atoms with van der Waals surface area (Å²) in [7, 11) is -7.11. The SMILES string of the molecule is CC/C=C\C/C=C\C/C=C\C/C=C\C/C=C\CCCC(=O)Cc1ccn(C2OC(COP(=O)(O)OC=O)C(O)C2O)c(=O)n1.CCCCCCCCCCCCC/C=C/CC(N)COP(=O)(OC)OPO.CO.